The number of nitrogens with zero attached hydrogens (tertiary/aromatic N) is 1. The topological polar surface area (TPSA) is 60.0 Å². The molecule has 1 aromatic rings. The third kappa shape index (κ3) is 4.05. The highest BCUT2D eigenvalue weighted by atomic mass is 35.5. The van der Waals surface area contributed by atoms with Gasteiger partial charge in [-0.15, -0.1) is 0 Å². The molecule has 0 aliphatic carbocycles. The van der Waals surface area contributed by atoms with Gasteiger partial charge in [0.25, 0.3) is 0 Å². The number of hydrogen-bond acceptors (Lipinski definition) is 5. The summed E-state index contributed by atoms with van der Waals surface area (Å²) in [6, 6.07) is 4.26. The number of benzene rings is 1. The number of ether oxygens (including phenoxy) is 3. The lowest BCUT2D eigenvalue weighted by Crippen LogP contribution is -2.44. The van der Waals surface area contributed by atoms with Crippen molar-refractivity contribution in [2.45, 2.75) is 32.4 Å². The molecular formula is C17H23ClN2O4. The summed E-state index contributed by atoms with van der Waals surface area (Å²) in [5.74, 6) is 1.34. The van der Waals surface area contributed by atoms with Gasteiger partial charge < -0.3 is 24.4 Å². The van der Waals surface area contributed by atoms with Gasteiger partial charge in [0.1, 0.15) is 13.2 Å². The van der Waals surface area contributed by atoms with E-state index in [1.54, 1.807) is 4.90 Å². The van der Waals surface area contributed by atoms with Gasteiger partial charge in [-0.1, -0.05) is 11.6 Å². The van der Waals surface area contributed by atoms with Gasteiger partial charge in [-0.05, 0) is 37.5 Å². The molecule has 3 rings (SSSR count). The molecular weight excluding hydrogens is 332 g/mol. The fraction of sp³-hybridized carbons (Fsp3) is 0.588. The van der Waals surface area contributed by atoms with E-state index in [-0.39, 0.29) is 6.09 Å². The zero-order valence-corrected chi connectivity index (χ0v) is 14.6. The van der Waals surface area contributed by atoms with Crippen molar-refractivity contribution in [2.75, 3.05) is 32.9 Å². The zero-order chi connectivity index (χ0) is 16.9. The van der Waals surface area contributed by atoms with Gasteiger partial charge in [0, 0.05) is 25.7 Å². The maximum Gasteiger partial charge on any atom is 0.409 e. The van der Waals surface area contributed by atoms with E-state index < -0.39 is 0 Å². The molecule has 132 valence electrons. The number of nitrogens with one attached hydrogen (secondary N) is 1. The van der Waals surface area contributed by atoms with Gasteiger partial charge in [0.2, 0.25) is 0 Å². The summed E-state index contributed by atoms with van der Waals surface area (Å²) in [4.78, 5) is 13.5. The highest BCUT2D eigenvalue weighted by molar-refractivity contribution is 6.32. The van der Waals surface area contributed by atoms with Crippen molar-refractivity contribution in [3.8, 4) is 11.5 Å². The first-order valence-corrected chi connectivity index (χ1v) is 8.78. The van der Waals surface area contributed by atoms with E-state index in [2.05, 4.69) is 5.32 Å². The minimum absolute atomic E-state index is 0.213. The van der Waals surface area contributed by atoms with E-state index in [1.807, 2.05) is 19.1 Å². The third-order valence-corrected chi connectivity index (χ3v) is 4.55. The van der Waals surface area contributed by atoms with Crippen LogP contribution in [0, 0.1) is 0 Å². The van der Waals surface area contributed by atoms with Crippen molar-refractivity contribution in [3.05, 3.63) is 22.7 Å². The molecule has 0 saturated carbocycles. The first-order chi connectivity index (χ1) is 11.7. The molecule has 1 saturated heterocycles. The van der Waals surface area contributed by atoms with Crippen LogP contribution >= 0.6 is 11.6 Å². The maximum absolute atomic E-state index is 11.7. The standard InChI is InChI=1S/C17H23ClN2O4/c1-2-22-17(21)20-5-3-13(4-6-20)19-11-12-9-14(18)16-15(10-12)23-7-8-24-16/h9-10,13,19H,2-8,11H2,1H3. The van der Waals surface area contributed by atoms with E-state index in [0.29, 0.717) is 48.9 Å². The summed E-state index contributed by atoms with van der Waals surface area (Å²) in [6.07, 6.45) is 1.61. The van der Waals surface area contributed by atoms with E-state index in [9.17, 15) is 4.79 Å². The first kappa shape index (κ1) is 17.2. The van der Waals surface area contributed by atoms with E-state index in [0.717, 1.165) is 31.5 Å². The van der Waals surface area contributed by atoms with Crippen molar-refractivity contribution in [1.82, 2.24) is 10.2 Å². The highest BCUT2D eigenvalue weighted by Gasteiger charge is 2.23. The molecule has 2 heterocycles. The Morgan fingerprint density at radius 2 is 2.08 bits per heavy atom. The van der Waals surface area contributed by atoms with Crippen molar-refractivity contribution in [3.63, 3.8) is 0 Å². The lowest BCUT2D eigenvalue weighted by Gasteiger charge is -2.31. The predicted octanol–water partition coefficient (Wildman–Crippen LogP) is 2.82. The number of hydrogen-bond donors (Lipinski definition) is 1. The van der Waals surface area contributed by atoms with Crippen LogP contribution in [0.25, 0.3) is 0 Å². The number of likely N-dealkylation sites (tertiary alicyclic amines) is 1. The van der Waals surface area contributed by atoms with Gasteiger partial charge in [0.15, 0.2) is 11.5 Å². The molecule has 0 unspecified atom stereocenters. The van der Waals surface area contributed by atoms with Crippen molar-refractivity contribution in [1.29, 1.82) is 0 Å². The molecule has 2 aliphatic heterocycles. The molecule has 1 amide bonds. The Bertz CT molecular complexity index is 588. The number of carbonyl (C=O) groups excluding carboxylic acids is 1. The normalized spacial score (nSPS) is 17.7. The molecule has 0 radical (unpaired) electrons. The van der Waals surface area contributed by atoms with Gasteiger partial charge >= 0.3 is 6.09 Å². The van der Waals surface area contributed by atoms with Gasteiger partial charge in [-0.25, -0.2) is 4.79 Å². The summed E-state index contributed by atoms with van der Waals surface area (Å²) < 4.78 is 16.2. The van der Waals surface area contributed by atoms with Crippen LogP contribution < -0.4 is 14.8 Å². The van der Waals surface area contributed by atoms with Crippen LogP contribution in [0.2, 0.25) is 5.02 Å². The van der Waals surface area contributed by atoms with Crippen molar-refractivity contribution >= 4 is 17.7 Å². The molecule has 24 heavy (non-hydrogen) atoms. The van der Waals surface area contributed by atoms with Crippen LogP contribution in [0.4, 0.5) is 4.79 Å². The van der Waals surface area contributed by atoms with Crippen LogP contribution in [-0.2, 0) is 11.3 Å². The summed E-state index contributed by atoms with van der Waals surface area (Å²) >= 11 is 6.26. The summed E-state index contributed by atoms with van der Waals surface area (Å²) in [6.45, 7) is 5.47. The molecule has 0 bridgehead atoms. The second-order valence-electron chi connectivity index (χ2n) is 5.94. The monoisotopic (exact) mass is 354 g/mol. The first-order valence-electron chi connectivity index (χ1n) is 8.40. The zero-order valence-electron chi connectivity index (χ0n) is 13.8. The van der Waals surface area contributed by atoms with E-state index in [1.165, 1.54) is 0 Å². The molecule has 0 spiro atoms. The minimum Gasteiger partial charge on any atom is -0.486 e. The van der Waals surface area contributed by atoms with Gasteiger partial charge in [0.05, 0.1) is 11.6 Å². The average molecular weight is 355 g/mol. The molecule has 1 N–H and O–H groups in total. The van der Waals surface area contributed by atoms with Crippen LogP contribution in [0.3, 0.4) is 0 Å². The summed E-state index contributed by atoms with van der Waals surface area (Å²) in [7, 11) is 0. The fourth-order valence-corrected chi connectivity index (χ4v) is 3.30. The largest absolute Gasteiger partial charge is 0.486 e. The average Bonchev–Trinajstić information content (AvgIpc) is 2.61. The Labute approximate surface area is 147 Å². The van der Waals surface area contributed by atoms with Crippen LogP contribution in [0.15, 0.2) is 12.1 Å². The second kappa shape index (κ2) is 7.94. The molecule has 0 atom stereocenters. The van der Waals surface area contributed by atoms with Gasteiger partial charge in [-0.2, -0.15) is 0 Å². The van der Waals surface area contributed by atoms with E-state index >= 15 is 0 Å². The smallest absolute Gasteiger partial charge is 0.409 e. The number of carbonyl (C=O) groups is 1. The SMILES string of the molecule is CCOC(=O)N1CCC(NCc2cc(Cl)c3c(c2)OCCO3)CC1. The number of piperidine rings is 1. The van der Waals surface area contributed by atoms with Crippen LogP contribution in [0.1, 0.15) is 25.3 Å². The van der Waals surface area contributed by atoms with Crippen LogP contribution in [-0.4, -0.2) is 49.9 Å². The molecule has 2 aliphatic rings. The Kier molecular flexibility index (Phi) is 5.68. The Morgan fingerprint density at radius 1 is 1.33 bits per heavy atom. The Morgan fingerprint density at radius 3 is 2.83 bits per heavy atom. The minimum atomic E-state index is -0.213. The lowest BCUT2D eigenvalue weighted by atomic mass is 10.0. The van der Waals surface area contributed by atoms with E-state index in [4.69, 9.17) is 25.8 Å². The molecule has 1 fully saturated rings. The summed E-state index contributed by atoms with van der Waals surface area (Å²) in [5, 5.41) is 4.11. The van der Waals surface area contributed by atoms with Crippen molar-refractivity contribution < 1.29 is 19.0 Å². The van der Waals surface area contributed by atoms with Gasteiger partial charge in [-0.3, -0.25) is 0 Å². The quantitative estimate of drug-likeness (QED) is 0.901. The maximum atomic E-state index is 11.7. The molecule has 7 heteroatoms. The number of amides is 1. The number of fused-ring (bicyclic) bond motifs is 1. The molecule has 6 nitrogen and oxygen atoms in total. The van der Waals surface area contributed by atoms with Crippen molar-refractivity contribution in [2.24, 2.45) is 0 Å². The highest BCUT2D eigenvalue weighted by Crippen LogP contribution is 2.38. The third-order valence-electron chi connectivity index (χ3n) is 4.27. The number of halogens is 1. The summed E-state index contributed by atoms with van der Waals surface area (Å²) in [5.41, 5.74) is 1.07. The van der Waals surface area contributed by atoms with Crippen LogP contribution in [0.5, 0.6) is 11.5 Å². The Hall–Kier alpha value is -1.66. The number of rotatable bonds is 4. The Balaban J connectivity index is 1.50. The second-order valence-corrected chi connectivity index (χ2v) is 6.35. The predicted molar refractivity (Wildman–Crippen MR) is 90.9 cm³/mol. The lowest BCUT2D eigenvalue weighted by molar-refractivity contribution is 0.0950. The molecule has 0 aromatic heterocycles. The fourth-order valence-electron chi connectivity index (χ4n) is 3.01. The molecule has 1 aromatic carbocycles.